The van der Waals surface area contributed by atoms with Gasteiger partial charge in [-0.15, -0.1) is 22.7 Å². The van der Waals surface area contributed by atoms with Crippen LogP contribution in [0.1, 0.15) is 22.4 Å². The molecule has 158 valence electrons. The number of hydrogen-bond donors (Lipinski definition) is 3. The number of fused-ring (bicyclic) bond motifs is 1. The highest BCUT2D eigenvalue weighted by Gasteiger charge is 2.36. The highest BCUT2D eigenvalue weighted by molar-refractivity contribution is 7.91. The molecule has 1 aliphatic rings. The van der Waals surface area contributed by atoms with Gasteiger partial charge in [0.2, 0.25) is 5.91 Å². The Hall–Kier alpha value is -1.98. The second-order valence-electron chi connectivity index (χ2n) is 7.11. The zero-order chi connectivity index (χ0) is 21.6. The number of nitrogens with two attached hydrogens (primary N) is 1. The number of aryl methyl sites for hydroxylation is 1. The molecule has 4 rings (SSSR count). The molecular weight excluding hydrogens is 464 g/mol. The summed E-state index contributed by atoms with van der Waals surface area (Å²) in [6.45, 7) is 2.56. The molecule has 1 amide bonds. The molecule has 2 aromatic heterocycles. The number of carbonyl (C=O) groups is 1. The molecule has 4 N–H and O–H groups in total. The van der Waals surface area contributed by atoms with Crippen molar-refractivity contribution in [3.05, 3.63) is 50.7 Å². The molecule has 0 bridgehead atoms. The van der Waals surface area contributed by atoms with Gasteiger partial charge >= 0.3 is 0 Å². The van der Waals surface area contributed by atoms with Crippen LogP contribution in [0.25, 0.3) is 10.1 Å². The zero-order valence-corrected chi connectivity index (χ0v) is 19.1. The van der Waals surface area contributed by atoms with Crippen LogP contribution in [0.4, 0.5) is 0 Å². The molecule has 1 aromatic carbocycles. The first-order valence-corrected chi connectivity index (χ1v) is 12.6. The Bertz CT molecular complexity index is 1270. The Morgan fingerprint density at radius 2 is 2.17 bits per heavy atom. The lowest BCUT2D eigenvalue weighted by atomic mass is 10.2. The lowest BCUT2D eigenvalue weighted by molar-refractivity contribution is -0.129. The third-order valence-corrected chi connectivity index (χ3v) is 9.60. The normalized spacial score (nSPS) is 17.2. The van der Waals surface area contributed by atoms with Gasteiger partial charge in [0.25, 0.3) is 10.0 Å². The fraction of sp³-hybridized carbons (Fsp3) is 0.263. The maximum Gasteiger partial charge on any atom is 0.251 e. The van der Waals surface area contributed by atoms with Gasteiger partial charge in [0, 0.05) is 22.8 Å². The number of halogens is 1. The molecule has 3 heterocycles. The van der Waals surface area contributed by atoms with Gasteiger partial charge in [0.05, 0.1) is 4.88 Å². The second kappa shape index (κ2) is 7.93. The van der Waals surface area contributed by atoms with E-state index in [9.17, 15) is 13.2 Å². The minimum Gasteiger partial charge on any atom is -0.383 e. The van der Waals surface area contributed by atoms with Crippen molar-refractivity contribution in [1.82, 2.24) is 9.62 Å². The van der Waals surface area contributed by atoms with Crippen molar-refractivity contribution >= 4 is 66.1 Å². The molecule has 0 aliphatic carbocycles. The maximum atomic E-state index is 13.0. The van der Waals surface area contributed by atoms with Crippen molar-refractivity contribution in [2.45, 2.75) is 30.1 Å². The first-order chi connectivity index (χ1) is 14.2. The largest absolute Gasteiger partial charge is 0.383 e. The Balaban J connectivity index is 1.50. The second-order valence-corrected chi connectivity index (χ2v) is 11.4. The van der Waals surface area contributed by atoms with E-state index in [1.54, 1.807) is 36.1 Å². The summed E-state index contributed by atoms with van der Waals surface area (Å²) in [7, 11) is -3.85. The number of likely N-dealkylation sites (tertiary alicyclic amines) is 1. The molecule has 0 spiro atoms. The number of nitrogens with one attached hydrogen (secondary N) is 2. The number of nitrogen functional groups attached to an aromatic ring is 1. The molecule has 0 saturated carbocycles. The summed E-state index contributed by atoms with van der Waals surface area (Å²) in [4.78, 5) is 15.1. The number of carbonyl (C=O) groups excluding carboxylic acids is 1. The molecular formula is C19H19ClN4O3S3. The number of sulfonamides is 1. The molecule has 1 aliphatic heterocycles. The van der Waals surface area contributed by atoms with Gasteiger partial charge in [0.1, 0.15) is 16.1 Å². The lowest BCUT2D eigenvalue weighted by Crippen LogP contribution is -2.41. The summed E-state index contributed by atoms with van der Waals surface area (Å²) < 4.78 is 29.6. The zero-order valence-electron chi connectivity index (χ0n) is 15.9. The number of thiophene rings is 2. The average molecular weight is 483 g/mol. The highest BCUT2D eigenvalue weighted by atomic mass is 35.5. The van der Waals surface area contributed by atoms with E-state index in [1.165, 1.54) is 22.7 Å². The highest BCUT2D eigenvalue weighted by Crippen LogP contribution is 2.35. The van der Waals surface area contributed by atoms with Crippen LogP contribution in [0.3, 0.4) is 0 Å². The van der Waals surface area contributed by atoms with E-state index in [1.807, 2.05) is 5.38 Å². The topological polar surface area (TPSA) is 116 Å². The van der Waals surface area contributed by atoms with Gasteiger partial charge in [-0.1, -0.05) is 11.6 Å². The molecule has 30 heavy (non-hydrogen) atoms. The minimum atomic E-state index is -3.85. The van der Waals surface area contributed by atoms with Crippen molar-refractivity contribution in [3.63, 3.8) is 0 Å². The van der Waals surface area contributed by atoms with E-state index in [4.69, 9.17) is 22.7 Å². The van der Waals surface area contributed by atoms with Crippen LogP contribution in [0.2, 0.25) is 5.02 Å². The van der Waals surface area contributed by atoms with Crippen LogP contribution >= 0.6 is 34.3 Å². The van der Waals surface area contributed by atoms with Crippen molar-refractivity contribution in [1.29, 1.82) is 5.41 Å². The van der Waals surface area contributed by atoms with Crippen molar-refractivity contribution in [2.24, 2.45) is 5.73 Å². The molecule has 7 nitrogen and oxygen atoms in total. The minimum absolute atomic E-state index is 0.00960. The van der Waals surface area contributed by atoms with Crippen molar-refractivity contribution < 1.29 is 13.2 Å². The van der Waals surface area contributed by atoms with Crippen LogP contribution in [-0.4, -0.2) is 37.6 Å². The van der Waals surface area contributed by atoms with Crippen LogP contribution in [0, 0.1) is 12.3 Å². The molecule has 0 radical (unpaired) electrons. The monoisotopic (exact) mass is 482 g/mol. The van der Waals surface area contributed by atoms with Gasteiger partial charge in [-0.2, -0.15) is 4.72 Å². The van der Waals surface area contributed by atoms with Gasteiger partial charge in [-0.05, 0) is 59.5 Å². The number of amides is 1. The molecule has 1 atom stereocenters. The smallest absolute Gasteiger partial charge is 0.251 e. The van der Waals surface area contributed by atoms with E-state index in [0.717, 1.165) is 15.6 Å². The van der Waals surface area contributed by atoms with E-state index in [2.05, 4.69) is 4.72 Å². The summed E-state index contributed by atoms with van der Waals surface area (Å²) in [5.74, 6) is -0.263. The van der Waals surface area contributed by atoms with Gasteiger partial charge in [-0.3, -0.25) is 10.2 Å². The first kappa shape index (κ1) is 21.3. The summed E-state index contributed by atoms with van der Waals surface area (Å²) in [5, 5.41) is 10.7. The third kappa shape index (κ3) is 3.97. The van der Waals surface area contributed by atoms with Crippen LogP contribution in [-0.2, 0) is 21.4 Å². The standard InChI is InChI=1S/C19H19ClN4O3S3/c1-10-13-7-12(20)2-3-15(13)29-19(10)30(26,27)23-14-4-5-24(18(14)25)8-11-6-16(17(21)22)28-9-11/h2-3,6-7,9,14,23H,4-5,8H2,1H3,(H3,21,22). The van der Waals surface area contributed by atoms with Gasteiger partial charge < -0.3 is 10.6 Å². The quantitative estimate of drug-likeness (QED) is 0.369. The number of benzene rings is 1. The van der Waals surface area contributed by atoms with E-state index < -0.39 is 16.1 Å². The Morgan fingerprint density at radius 3 is 2.87 bits per heavy atom. The predicted octanol–water partition coefficient (Wildman–Crippen LogP) is 3.29. The summed E-state index contributed by atoms with van der Waals surface area (Å²) in [6, 6.07) is 6.26. The molecule has 1 saturated heterocycles. The fourth-order valence-electron chi connectivity index (χ4n) is 3.49. The maximum absolute atomic E-state index is 13.0. The summed E-state index contributed by atoms with van der Waals surface area (Å²) in [5.41, 5.74) is 6.99. The number of hydrogen-bond acceptors (Lipinski definition) is 6. The number of rotatable bonds is 6. The molecule has 3 aromatic rings. The summed E-state index contributed by atoms with van der Waals surface area (Å²) in [6.07, 6.45) is 0.400. The van der Waals surface area contributed by atoms with Crippen molar-refractivity contribution in [2.75, 3.05) is 6.54 Å². The molecule has 11 heteroatoms. The third-order valence-electron chi connectivity index (χ3n) is 4.99. The first-order valence-electron chi connectivity index (χ1n) is 9.07. The molecule has 1 fully saturated rings. The van der Waals surface area contributed by atoms with Gasteiger partial charge in [-0.25, -0.2) is 8.42 Å². The van der Waals surface area contributed by atoms with Crippen LogP contribution in [0.15, 0.2) is 33.9 Å². The van der Waals surface area contributed by atoms with Gasteiger partial charge in [0.15, 0.2) is 0 Å². The van der Waals surface area contributed by atoms with E-state index in [0.29, 0.717) is 35.0 Å². The van der Waals surface area contributed by atoms with Crippen LogP contribution in [0.5, 0.6) is 0 Å². The Kier molecular flexibility index (Phi) is 5.62. The predicted molar refractivity (Wildman–Crippen MR) is 121 cm³/mol. The summed E-state index contributed by atoms with van der Waals surface area (Å²) >= 11 is 8.56. The lowest BCUT2D eigenvalue weighted by Gasteiger charge is -2.16. The van der Waals surface area contributed by atoms with Crippen molar-refractivity contribution in [3.8, 4) is 0 Å². The Morgan fingerprint density at radius 1 is 1.40 bits per heavy atom. The molecule has 1 unspecified atom stereocenters. The number of amidine groups is 1. The SMILES string of the molecule is Cc1c(S(=O)(=O)NC2CCN(Cc3csc(C(=N)N)c3)C2=O)sc2ccc(Cl)cc12. The fourth-order valence-corrected chi connectivity index (χ4v) is 7.42. The Labute approximate surface area is 187 Å². The van der Waals surface area contributed by atoms with Crippen LogP contribution < -0.4 is 10.5 Å². The average Bonchev–Trinajstić information content (AvgIpc) is 3.37. The van der Waals surface area contributed by atoms with E-state index >= 15 is 0 Å². The number of nitrogens with zero attached hydrogens (tertiary/aromatic N) is 1. The van der Waals surface area contributed by atoms with E-state index in [-0.39, 0.29) is 16.0 Å².